The van der Waals surface area contributed by atoms with Crippen LogP contribution in [0.25, 0.3) is 0 Å². The zero-order valence-electron chi connectivity index (χ0n) is 9.97. The first-order chi connectivity index (χ1) is 7.97. The first-order valence-corrected chi connectivity index (χ1v) is 5.25. The SMILES string of the molecule is COc1ccccc1OCCC(C)(N)C(=O)O. The molecule has 5 heteroatoms. The fraction of sp³-hybridized carbons (Fsp3) is 0.417. The predicted molar refractivity (Wildman–Crippen MR) is 63.3 cm³/mol. The Labute approximate surface area is 100 Å². The van der Waals surface area contributed by atoms with Crippen LogP contribution < -0.4 is 15.2 Å². The number of carboxylic acid groups (broad SMARTS) is 1. The van der Waals surface area contributed by atoms with E-state index in [4.69, 9.17) is 20.3 Å². The van der Waals surface area contributed by atoms with Crippen molar-refractivity contribution >= 4 is 5.97 Å². The van der Waals surface area contributed by atoms with E-state index in [2.05, 4.69) is 0 Å². The molecule has 1 rings (SSSR count). The maximum atomic E-state index is 10.8. The van der Waals surface area contributed by atoms with Crippen LogP contribution in [0.1, 0.15) is 13.3 Å². The Morgan fingerprint density at radius 2 is 2.00 bits per heavy atom. The highest BCUT2D eigenvalue weighted by Gasteiger charge is 2.27. The van der Waals surface area contributed by atoms with Gasteiger partial charge >= 0.3 is 5.97 Å². The van der Waals surface area contributed by atoms with Gasteiger partial charge in [-0.15, -0.1) is 0 Å². The van der Waals surface area contributed by atoms with Gasteiger partial charge in [-0.25, -0.2) is 0 Å². The maximum Gasteiger partial charge on any atom is 0.323 e. The Hall–Kier alpha value is -1.75. The quantitative estimate of drug-likeness (QED) is 0.781. The van der Waals surface area contributed by atoms with E-state index in [9.17, 15) is 4.79 Å². The minimum absolute atomic E-state index is 0.222. The molecule has 0 aliphatic heterocycles. The predicted octanol–water partition coefficient (Wildman–Crippen LogP) is 1.27. The molecule has 0 fully saturated rings. The summed E-state index contributed by atoms with van der Waals surface area (Å²) in [5.41, 5.74) is 4.31. The number of ether oxygens (including phenoxy) is 2. The van der Waals surface area contributed by atoms with Gasteiger partial charge in [0.25, 0.3) is 0 Å². The molecular weight excluding hydrogens is 222 g/mol. The Kier molecular flexibility index (Phi) is 4.34. The summed E-state index contributed by atoms with van der Waals surface area (Å²) in [4.78, 5) is 10.8. The summed E-state index contributed by atoms with van der Waals surface area (Å²) < 4.78 is 10.5. The molecule has 0 heterocycles. The molecule has 0 aliphatic carbocycles. The van der Waals surface area contributed by atoms with Crippen LogP contribution in [0.15, 0.2) is 24.3 Å². The zero-order valence-corrected chi connectivity index (χ0v) is 9.97. The number of aliphatic carboxylic acids is 1. The van der Waals surface area contributed by atoms with Crippen molar-refractivity contribution in [1.82, 2.24) is 0 Å². The van der Waals surface area contributed by atoms with Crippen molar-refractivity contribution in [2.45, 2.75) is 18.9 Å². The molecule has 0 aliphatic rings. The summed E-state index contributed by atoms with van der Waals surface area (Å²) in [6.07, 6.45) is 0.223. The fourth-order valence-corrected chi connectivity index (χ4v) is 1.22. The van der Waals surface area contributed by atoms with Crippen molar-refractivity contribution in [3.05, 3.63) is 24.3 Å². The molecule has 1 unspecified atom stereocenters. The molecule has 0 saturated heterocycles. The average molecular weight is 239 g/mol. The van der Waals surface area contributed by atoms with Gasteiger partial charge in [0.05, 0.1) is 13.7 Å². The fourth-order valence-electron chi connectivity index (χ4n) is 1.22. The van der Waals surface area contributed by atoms with Gasteiger partial charge in [-0.05, 0) is 19.1 Å². The molecule has 3 N–H and O–H groups in total. The van der Waals surface area contributed by atoms with Crippen molar-refractivity contribution in [1.29, 1.82) is 0 Å². The third-order valence-corrected chi connectivity index (χ3v) is 2.44. The van der Waals surface area contributed by atoms with Gasteiger partial charge in [0, 0.05) is 6.42 Å². The molecule has 1 aromatic carbocycles. The largest absolute Gasteiger partial charge is 0.493 e. The Bertz CT molecular complexity index is 390. The summed E-state index contributed by atoms with van der Waals surface area (Å²) in [5.74, 6) is 0.152. The second-order valence-corrected chi connectivity index (χ2v) is 3.97. The number of carboxylic acids is 1. The van der Waals surface area contributed by atoms with Crippen LogP contribution in [0, 0.1) is 0 Å². The van der Waals surface area contributed by atoms with Crippen LogP contribution >= 0.6 is 0 Å². The standard InChI is InChI=1S/C12H17NO4/c1-12(13,11(14)15)7-8-17-10-6-4-3-5-9(10)16-2/h3-6H,7-8,13H2,1-2H3,(H,14,15). The number of para-hydroxylation sites is 2. The number of nitrogens with two attached hydrogens (primary N) is 1. The molecule has 1 atom stereocenters. The molecule has 0 aromatic heterocycles. The number of carbonyl (C=O) groups is 1. The first-order valence-electron chi connectivity index (χ1n) is 5.25. The third kappa shape index (κ3) is 3.64. The van der Waals surface area contributed by atoms with Gasteiger partial charge in [-0.1, -0.05) is 12.1 Å². The molecule has 0 saturated carbocycles. The normalized spacial score (nSPS) is 13.8. The van der Waals surface area contributed by atoms with Crippen molar-refractivity contribution < 1.29 is 19.4 Å². The number of hydrogen-bond acceptors (Lipinski definition) is 4. The number of hydrogen-bond donors (Lipinski definition) is 2. The average Bonchev–Trinajstić information content (AvgIpc) is 2.29. The van der Waals surface area contributed by atoms with E-state index >= 15 is 0 Å². The highest BCUT2D eigenvalue weighted by atomic mass is 16.5. The molecule has 1 aromatic rings. The lowest BCUT2D eigenvalue weighted by Gasteiger charge is -2.19. The Morgan fingerprint density at radius 3 is 2.53 bits per heavy atom. The topological polar surface area (TPSA) is 81.8 Å². The zero-order chi connectivity index (χ0) is 12.9. The van der Waals surface area contributed by atoms with E-state index in [-0.39, 0.29) is 13.0 Å². The number of methoxy groups -OCH3 is 1. The van der Waals surface area contributed by atoms with Crippen molar-refractivity contribution in [2.24, 2.45) is 5.73 Å². The molecule has 0 radical (unpaired) electrons. The molecule has 17 heavy (non-hydrogen) atoms. The van der Waals surface area contributed by atoms with E-state index < -0.39 is 11.5 Å². The van der Waals surface area contributed by atoms with Gasteiger partial charge in [0.15, 0.2) is 11.5 Å². The minimum Gasteiger partial charge on any atom is -0.493 e. The number of rotatable bonds is 6. The summed E-state index contributed by atoms with van der Waals surface area (Å²) in [6, 6.07) is 7.17. The molecule has 0 bridgehead atoms. The van der Waals surface area contributed by atoms with E-state index in [1.807, 2.05) is 12.1 Å². The minimum atomic E-state index is -1.28. The van der Waals surface area contributed by atoms with Crippen LogP contribution in [-0.2, 0) is 4.79 Å². The van der Waals surface area contributed by atoms with Gasteiger partial charge in [-0.2, -0.15) is 0 Å². The molecule has 0 spiro atoms. The lowest BCUT2D eigenvalue weighted by molar-refractivity contribution is -0.143. The van der Waals surface area contributed by atoms with Crippen molar-refractivity contribution in [2.75, 3.05) is 13.7 Å². The number of benzene rings is 1. The summed E-state index contributed by atoms with van der Waals surface area (Å²) in [5, 5.41) is 8.83. The van der Waals surface area contributed by atoms with E-state index in [0.717, 1.165) is 0 Å². The lowest BCUT2D eigenvalue weighted by atomic mass is 10.0. The van der Waals surface area contributed by atoms with Crippen LogP contribution in [0.3, 0.4) is 0 Å². The van der Waals surface area contributed by atoms with Gasteiger partial charge in [-0.3, -0.25) is 4.79 Å². The van der Waals surface area contributed by atoms with E-state index in [1.165, 1.54) is 6.92 Å². The van der Waals surface area contributed by atoms with Crippen LogP contribution in [0.4, 0.5) is 0 Å². The first kappa shape index (κ1) is 13.3. The van der Waals surface area contributed by atoms with Crippen molar-refractivity contribution in [3.63, 3.8) is 0 Å². The second kappa shape index (κ2) is 5.54. The molecule has 5 nitrogen and oxygen atoms in total. The summed E-state index contributed by atoms with van der Waals surface area (Å²) >= 11 is 0. The van der Waals surface area contributed by atoms with Gasteiger partial charge < -0.3 is 20.3 Å². The van der Waals surface area contributed by atoms with Crippen molar-refractivity contribution in [3.8, 4) is 11.5 Å². The van der Waals surface area contributed by atoms with Crippen LogP contribution in [-0.4, -0.2) is 30.3 Å². The lowest BCUT2D eigenvalue weighted by Crippen LogP contribution is -2.45. The van der Waals surface area contributed by atoms with Crippen LogP contribution in [0.2, 0.25) is 0 Å². The second-order valence-electron chi connectivity index (χ2n) is 3.97. The van der Waals surface area contributed by atoms with Crippen LogP contribution in [0.5, 0.6) is 11.5 Å². The molecule has 0 amide bonds. The van der Waals surface area contributed by atoms with E-state index in [0.29, 0.717) is 11.5 Å². The Morgan fingerprint density at radius 1 is 1.41 bits per heavy atom. The summed E-state index contributed by atoms with van der Waals surface area (Å²) in [6.45, 7) is 1.68. The highest BCUT2D eigenvalue weighted by molar-refractivity contribution is 5.77. The monoisotopic (exact) mass is 239 g/mol. The Balaban J connectivity index is 2.54. The molecular formula is C12H17NO4. The third-order valence-electron chi connectivity index (χ3n) is 2.44. The smallest absolute Gasteiger partial charge is 0.323 e. The van der Waals surface area contributed by atoms with E-state index in [1.54, 1.807) is 19.2 Å². The van der Waals surface area contributed by atoms with Gasteiger partial charge in [0.2, 0.25) is 0 Å². The highest BCUT2D eigenvalue weighted by Crippen LogP contribution is 2.26. The molecule has 94 valence electrons. The summed E-state index contributed by atoms with van der Waals surface area (Å²) in [7, 11) is 1.55. The van der Waals surface area contributed by atoms with Gasteiger partial charge in [0.1, 0.15) is 5.54 Å². The maximum absolute atomic E-state index is 10.8.